The van der Waals surface area contributed by atoms with E-state index in [4.69, 9.17) is 9.88 Å². The number of hydrogen-bond donors (Lipinski definition) is 1. The van der Waals surface area contributed by atoms with Gasteiger partial charge in [0.15, 0.2) is 5.75 Å². The summed E-state index contributed by atoms with van der Waals surface area (Å²) >= 11 is 0. The van der Waals surface area contributed by atoms with Crippen LogP contribution < -0.4 is 9.88 Å². The number of nitrogens with zero attached hydrogens (tertiary/aromatic N) is 1. The molecule has 2 rings (SSSR count). The molecule has 0 saturated heterocycles. The third-order valence-corrected chi connectivity index (χ3v) is 3.63. The minimum atomic E-state index is -3.80. The van der Waals surface area contributed by atoms with E-state index in [0.717, 1.165) is 12.8 Å². The Bertz CT molecular complexity index is 557. The van der Waals surface area contributed by atoms with Crippen LogP contribution in [0.2, 0.25) is 0 Å². The topological polar surface area (TPSA) is 82.3 Å². The van der Waals surface area contributed by atoms with Gasteiger partial charge in [-0.15, -0.1) is 0 Å². The van der Waals surface area contributed by atoms with E-state index in [0.29, 0.717) is 11.4 Å². The van der Waals surface area contributed by atoms with Gasteiger partial charge in [0.05, 0.1) is 11.8 Å². The second-order valence-corrected chi connectivity index (χ2v) is 7.13. The summed E-state index contributed by atoms with van der Waals surface area (Å²) < 4.78 is 28.9. The molecule has 1 aromatic heterocycles. The highest BCUT2D eigenvalue weighted by Gasteiger charge is 2.32. The van der Waals surface area contributed by atoms with Gasteiger partial charge in [-0.25, -0.2) is 13.6 Å². The van der Waals surface area contributed by atoms with Crippen molar-refractivity contribution >= 4 is 10.0 Å². The molecule has 5 nitrogen and oxygen atoms in total. The summed E-state index contributed by atoms with van der Waals surface area (Å²) in [6, 6.07) is 1.39. The molecule has 0 spiro atoms. The minimum absolute atomic E-state index is 0.0225. The number of primary sulfonamides is 1. The maximum atomic E-state index is 11.6. The predicted molar refractivity (Wildman–Crippen MR) is 68.0 cm³/mol. The van der Waals surface area contributed by atoms with Crippen LogP contribution in [0.3, 0.4) is 0 Å². The summed E-state index contributed by atoms with van der Waals surface area (Å²) in [5.74, 6) is 0.315. The molecule has 6 heteroatoms. The van der Waals surface area contributed by atoms with Gasteiger partial charge in [-0.2, -0.15) is 0 Å². The van der Waals surface area contributed by atoms with Gasteiger partial charge in [-0.3, -0.25) is 4.98 Å². The fourth-order valence-electron chi connectivity index (χ4n) is 1.66. The zero-order valence-electron chi connectivity index (χ0n) is 10.8. The van der Waals surface area contributed by atoms with E-state index in [-0.39, 0.29) is 16.4 Å². The monoisotopic (exact) mass is 270 g/mol. The third kappa shape index (κ3) is 2.81. The summed E-state index contributed by atoms with van der Waals surface area (Å²) in [5.41, 5.74) is 0.325. The second-order valence-electron chi connectivity index (χ2n) is 5.60. The van der Waals surface area contributed by atoms with Crippen LogP contribution in [0, 0.1) is 0 Å². The van der Waals surface area contributed by atoms with E-state index in [1.165, 1.54) is 12.3 Å². The van der Waals surface area contributed by atoms with Gasteiger partial charge in [0.1, 0.15) is 4.90 Å². The van der Waals surface area contributed by atoms with E-state index in [1.54, 1.807) is 0 Å². The highest BCUT2D eigenvalue weighted by Crippen LogP contribution is 2.37. The van der Waals surface area contributed by atoms with Crippen LogP contribution in [0.1, 0.15) is 39.3 Å². The molecule has 0 amide bonds. The molecule has 1 heterocycles. The fraction of sp³-hybridized carbons (Fsp3) is 0.583. The number of nitrogens with two attached hydrogens (primary N) is 1. The molecule has 0 aromatic carbocycles. The van der Waals surface area contributed by atoms with E-state index in [1.807, 2.05) is 20.8 Å². The maximum Gasteiger partial charge on any atom is 0.241 e. The highest BCUT2D eigenvalue weighted by atomic mass is 32.2. The Morgan fingerprint density at radius 3 is 2.44 bits per heavy atom. The summed E-state index contributed by atoms with van der Waals surface area (Å²) in [5, 5.41) is 5.23. The van der Waals surface area contributed by atoms with Gasteiger partial charge in [0.25, 0.3) is 0 Å². The number of pyridine rings is 1. The van der Waals surface area contributed by atoms with Crippen molar-refractivity contribution in [1.29, 1.82) is 0 Å². The van der Waals surface area contributed by atoms with Gasteiger partial charge in [0, 0.05) is 11.6 Å². The lowest BCUT2D eigenvalue weighted by Gasteiger charge is -2.22. The Hall–Kier alpha value is -1.14. The first-order valence-electron chi connectivity index (χ1n) is 5.88. The molecule has 0 unspecified atom stereocenters. The molecular weight excluding hydrogens is 252 g/mol. The molecule has 0 bridgehead atoms. The predicted octanol–water partition coefficient (Wildman–Crippen LogP) is 1.57. The minimum Gasteiger partial charge on any atom is -0.487 e. The Balaban J connectivity index is 2.59. The highest BCUT2D eigenvalue weighted by molar-refractivity contribution is 7.89. The van der Waals surface area contributed by atoms with Crippen LogP contribution >= 0.6 is 0 Å². The standard InChI is InChI=1S/C12H18N2O3S/c1-12(2,3)11-10(17-8-4-5-8)9(6-7-14-11)18(13,15)16/h6-8H,4-5H2,1-3H3,(H2,13,15,16). The molecule has 1 aromatic rings. The molecule has 0 atom stereocenters. The number of sulfonamides is 1. The molecular formula is C12H18N2O3S. The van der Waals surface area contributed by atoms with E-state index in [2.05, 4.69) is 4.98 Å². The van der Waals surface area contributed by atoms with Crippen molar-refractivity contribution in [1.82, 2.24) is 4.98 Å². The number of hydrogen-bond acceptors (Lipinski definition) is 4. The fourth-order valence-corrected chi connectivity index (χ4v) is 2.31. The van der Waals surface area contributed by atoms with E-state index < -0.39 is 10.0 Å². The summed E-state index contributed by atoms with van der Waals surface area (Å²) in [6.45, 7) is 5.88. The van der Waals surface area contributed by atoms with E-state index in [9.17, 15) is 8.42 Å². The maximum absolute atomic E-state index is 11.6. The first kappa shape index (κ1) is 13.3. The van der Waals surface area contributed by atoms with Crippen molar-refractivity contribution in [2.45, 2.75) is 50.0 Å². The molecule has 1 saturated carbocycles. The molecule has 18 heavy (non-hydrogen) atoms. The molecule has 100 valence electrons. The number of ether oxygens (including phenoxy) is 1. The molecule has 1 aliphatic carbocycles. The largest absolute Gasteiger partial charge is 0.487 e. The lowest BCUT2D eigenvalue weighted by atomic mass is 9.91. The van der Waals surface area contributed by atoms with Crippen LogP contribution in [-0.4, -0.2) is 19.5 Å². The SMILES string of the molecule is CC(C)(C)c1nccc(S(N)(=O)=O)c1OC1CC1. The van der Waals surface area contributed by atoms with Crippen molar-refractivity contribution in [2.75, 3.05) is 0 Å². The Kier molecular flexibility index (Phi) is 3.11. The Morgan fingerprint density at radius 1 is 1.39 bits per heavy atom. The van der Waals surface area contributed by atoms with Gasteiger partial charge < -0.3 is 4.74 Å². The van der Waals surface area contributed by atoms with Crippen LogP contribution in [0.15, 0.2) is 17.2 Å². The summed E-state index contributed by atoms with van der Waals surface area (Å²) in [7, 11) is -3.80. The molecule has 1 fully saturated rings. The first-order valence-corrected chi connectivity index (χ1v) is 7.43. The van der Waals surface area contributed by atoms with Gasteiger partial charge >= 0.3 is 0 Å². The normalized spacial score (nSPS) is 16.7. The van der Waals surface area contributed by atoms with Gasteiger partial charge in [0.2, 0.25) is 10.0 Å². The Morgan fingerprint density at radius 2 is 2.00 bits per heavy atom. The molecule has 0 aliphatic heterocycles. The smallest absolute Gasteiger partial charge is 0.241 e. The van der Waals surface area contributed by atoms with Crippen molar-refractivity contribution in [3.05, 3.63) is 18.0 Å². The quantitative estimate of drug-likeness (QED) is 0.903. The number of rotatable bonds is 3. The lowest BCUT2D eigenvalue weighted by Crippen LogP contribution is -2.21. The first-order chi connectivity index (χ1) is 8.19. The van der Waals surface area contributed by atoms with Crippen molar-refractivity contribution in [2.24, 2.45) is 5.14 Å². The molecule has 2 N–H and O–H groups in total. The van der Waals surface area contributed by atoms with Gasteiger partial charge in [-0.05, 0) is 18.9 Å². The lowest BCUT2D eigenvalue weighted by molar-refractivity contribution is 0.283. The van der Waals surface area contributed by atoms with Crippen molar-refractivity contribution in [3.8, 4) is 5.75 Å². The third-order valence-electron chi connectivity index (χ3n) is 2.69. The van der Waals surface area contributed by atoms with Gasteiger partial charge in [-0.1, -0.05) is 20.8 Å². The molecule has 1 aliphatic rings. The summed E-state index contributed by atoms with van der Waals surface area (Å²) in [6.07, 6.45) is 3.45. The average molecular weight is 270 g/mol. The summed E-state index contributed by atoms with van der Waals surface area (Å²) in [4.78, 5) is 4.28. The van der Waals surface area contributed by atoms with Crippen molar-refractivity contribution < 1.29 is 13.2 Å². The zero-order chi connectivity index (χ0) is 13.6. The second kappa shape index (κ2) is 4.20. The molecule has 0 radical (unpaired) electrons. The van der Waals surface area contributed by atoms with Crippen LogP contribution in [-0.2, 0) is 15.4 Å². The van der Waals surface area contributed by atoms with Crippen molar-refractivity contribution in [3.63, 3.8) is 0 Å². The van der Waals surface area contributed by atoms with Crippen LogP contribution in [0.4, 0.5) is 0 Å². The zero-order valence-corrected chi connectivity index (χ0v) is 11.6. The number of aromatic nitrogens is 1. The van der Waals surface area contributed by atoms with Crippen LogP contribution in [0.25, 0.3) is 0 Å². The van der Waals surface area contributed by atoms with Crippen LogP contribution in [0.5, 0.6) is 5.75 Å². The Labute approximate surface area is 107 Å². The van der Waals surface area contributed by atoms with E-state index >= 15 is 0 Å². The average Bonchev–Trinajstić information content (AvgIpc) is 2.98.